The van der Waals surface area contributed by atoms with E-state index in [0.717, 1.165) is 23.4 Å². The number of anilines is 2. The number of ether oxygens (including phenoxy) is 1. The summed E-state index contributed by atoms with van der Waals surface area (Å²) >= 11 is 0. The molecule has 0 radical (unpaired) electrons. The van der Waals surface area contributed by atoms with Crippen LogP contribution in [0.25, 0.3) is 0 Å². The van der Waals surface area contributed by atoms with Crippen LogP contribution >= 0.6 is 0 Å². The molecule has 1 aliphatic rings. The molecule has 0 unspecified atom stereocenters. The lowest BCUT2D eigenvalue weighted by molar-refractivity contribution is -0.119. The zero-order valence-electron chi connectivity index (χ0n) is 16.8. The van der Waals surface area contributed by atoms with E-state index in [1.54, 1.807) is 0 Å². The molecule has 2 aromatic carbocycles. The summed E-state index contributed by atoms with van der Waals surface area (Å²) in [5.74, 6) is 1.05. The van der Waals surface area contributed by atoms with E-state index in [4.69, 9.17) is 4.74 Å². The third-order valence-corrected chi connectivity index (χ3v) is 4.81. The van der Waals surface area contributed by atoms with Crippen LogP contribution in [0.15, 0.2) is 42.5 Å². The second-order valence-electron chi connectivity index (χ2n) is 7.58. The Labute approximate surface area is 166 Å². The molecule has 28 heavy (non-hydrogen) atoms. The van der Waals surface area contributed by atoms with Gasteiger partial charge < -0.3 is 15.0 Å². The third-order valence-electron chi connectivity index (χ3n) is 4.81. The number of carbonyl (C=O) groups is 2. The minimum absolute atomic E-state index is 0.0412. The second kappa shape index (κ2) is 8.91. The minimum Gasteiger partial charge on any atom is -0.484 e. The number of rotatable bonds is 7. The molecular weight excluding hydrogens is 352 g/mol. The fraction of sp³-hybridized carbons (Fsp3) is 0.391. The average molecular weight is 380 g/mol. The van der Waals surface area contributed by atoms with Crippen molar-refractivity contribution in [2.45, 2.75) is 40.0 Å². The van der Waals surface area contributed by atoms with Crippen LogP contribution in [0, 0.1) is 5.92 Å². The number of benzene rings is 2. The van der Waals surface area contributed by atoms with E-state index in [0.29, 0.717) is 31.1 Å². The molecule has 2 amide bonds. The molecule has 0 atom stereocenters. The lowest BCUT2D eigenvalue weighted by atomic mass is 9.99. The van der Waals surface area contributed by atoms with Crippen molar-refractivity contribution in [3.8, 4) is 5.75 Å². The fourth-order valence-corrected chi connectivity index (χ4v) is 3.37. The van der Waals surface area contributed by atoms with Gasteiger partial charge in [0.1, 0.15) is 5.75 Å². The quantitative estimate of drug-likeness (QED) is 0.783. The zero-order valence-corrected chi connectivity index (χ0v) is 16.8. The summed E-state index contributed by atoms with van der Waals surface area (Å²) in [4.78, 5) is 26.4. The van der Waals surface area contributed by atoms with Crippen molar-refractivity contribution >= 4 is 23.2 Å². The Morgan fingerprint density at radius 2 is 1.89 bits per heavy atom. The molecule has 1 heterocycles. The van der Waals surface area contributed by atoms with E-state index in [1.165, 1.54) is 5.56 Å². The van der Waals surface area contributed by atoms with Crippen molar-refractivity contribution in [2.75, 3.05) is 23.4 Å². The Kier molecular flexibility index (Phi) is 6.34. The van der Waals surface area contributed by atoms with Crippen molar-refractivity contribution < 1.29 is 14.3 Å². The molecule has 5 nitrogen and oxygen atoms in total. The van der Waals surface area contributed by atoms with Gasteiger partial charge in [0.15, 0.2) is 6.61 Å². The summed E-state index contributed by atoms with van der Waals surface area (Å²) < 4.78 is 5.56. The Balaban J connectivity index is 1.61. The summed E-state index contributed by atoms with van der Waals surface area (Å²) in [6.07, 6.45) is 2.18. The zero-order chi connectivity index (χ0) is 20.1. The molecule has 0 saturated heterocycles. The summed E-state index contributed by atoms with van der Waals surface area (Å²) in [5, 5.41) is 2.88. The predicted molar refractivity (Wildman–Crippen MR) is 112 cm³/mol. The number of hydrogen-bond donors (Lipinski definition) is 1. The van der Waals surface area contributed by atoms with Crippen LogP contribution in [0.2, 0.25) is 0 Å². The average Bonchev–Trinajstić information content (AvgIpc) is 2.69. The van der Waals surface area contributed by atoms with Crippen LogP contribution in [0.3, 0.4) is 0 Å². The SMILES string of the molecule is CCc1ccc(OCC(=O)Nc2ccc3c(c2)CCC(=O)N3CC(C)C)cc1. The van der Waals surface area contributed by atoms with Crippen LogP contribution in [0.5, 0.6) is 5.75 Å². The smallest absolute Gasteiger partial charge is 0.262 e. The lowest BCUT2D eigenvalue weighted by Crippen LogP contribution is -2.37. The summed E-state index contributed by atoms with van der Waals surface area (Å²) in [5.41, 5.74) is 4.01. The van der Waals surface area contributed by atoms with Crippen LogP contribution in [0.1, 0.15) is 38.3 Å². The van der Waals surface area contributed by atoms with Gasteiger partial charge in [0.2, 0.25) is 5.91 Å². The molecule has 2 aromatic rings. The largest absolute Gasteiger partial charge is 0.484 e. The second-order valence-corrected chi connectivity index (χ2v) is 7.58. The molecule has 1 N–H and O–H groups in total. The molecule has 0 bridgehead atoms. The molecule has 0 aromatic heterocycles. The van der Waals surface area contributed by atoms with Gasteiger partial charge in [0.25, 0.3) is 5.91 Å². The number of nitrogens with one attached hydrogen (secondary N) is 1. The number of amides is 2. The normalized spacial score (nSPS) is 13.4. The van der Waals surface area contributed by atoms with Gasteiger partial charge in [0.05, 0.1) is 0 Å². The van der Waals surface area contributed by atoms with E-state index in [2.05, 4.69) is 26.1 Å². The van der Waals surface area contributed by atoms with E-state index >= 15 is 0 Å². The maximum Gasteiger partial charge on any atom is 0.262 e. The van der Waals surface area contributed by atoms with E-state index < -0.39 is 0 Å². The third kappa shape index (κ3) is 4.91. The maximum atomic E-state index is 12.3. The summed E-state index contributed by atoms with van der Waals surface area (Å²) in [6, 6.07) is 13.5. The first-order valence-corrected chi connectivity index (χ1v) is 9.91. The highest BCUT2D eigenvalue weighted by Crippen LogP contribution is 2.31. The van der Waals surface area contributed by atoms with Gasteiger partial charge in [-0.15, -0.1) is 0 Å². The lowest BCUT2D eigenvalue weighted by Gasteiger charge is -2.31. The highest BCUT2D eigenvalue weighted by Gasteiger charge is 2.24. The van der Waals surface area contributed by atoms with Gasteiger partial charge in [-0.1, -0.05) is 32.9 Å². The highest BCUT2D eigenvalue weighted by molar-refractivity contribution is 5.97. The first-order chi connectivity index (χ1) is 13.5. The van der Waals surface area contributed by atoms with Gasteiger partial charge in [-0.05, 0) is 60.2 Å². The van der Waals surface area contributed by atoms with Crippen molar-refractivity contribution in [3.63, 3.8) is 0 Å². The number of hydrogen-bond acceptors (Lipinski definition) is 3. The number of fused-ring (bicyclic) bond motifs is 1. The Morgan fingerprint density at radius 1 is 1.14 bits per heavy atom. The topological polar surface area (TPSA) is 58.6 Å². The molecular formula is C23H28N2O3. The van der Waals surface area contributed by atoms with Crippen LogP contribution in [-0.4, -0.2) is 25.0 Å². The molecule has 1 aliphatic heterocycles. The molecule has 0 spiro atoms. The molecule has 148 valence electrons. The van der Waals surface area contributed by atoms with E-state index in [-0.39, 0.29) is 18.4 Å². The van der Waals surface area contributed by atoms with E-state index in [9.17, 15) is 9.59 Å². The van der Waals surface area contributed by atoms with Gasteiger partial charge in [-0.3, -0.25) is 9.59 Å². The monoisotopic (exact) mass is 380 g/mol. The van der Waals surface area contributed by atoms with Gasteiger partial charge in [0, 0.05) is 24.3 Å². The minimum atomic E-state index is -0.203. The van der Waals surface area contributed by atoms with Crippen LogP contribution < -0.4 is 15.0 Å². The summed E-state index contributed by atoms with van der Waals surface area (Å²) in [7, 11) is 0. The first kappa shape index (κ1) is 19.9. The molecule has 0 saturated carbocycles. The first-order valence-electron chi connectivity index (χ1n) is 9.91. The van der Waals surface area contributed by atoms with Crippen molar-refractivity contribution in [1.82, 2.24) is 0 Å². The van der Waals surface area contributed by atoms with Crippen molar-refractivity contribution in [2.24, 2.45) is 5.92 Å². The number of aryl methyl sites for hydroxylation is 2. The Bertz CT molecular complexity index is 843. The molecule has 3 rings (SSSR count). The van der Waals surface area contributed by atoms with Gasteiger partial charge in [-0.2, -0.15) is 0 Å². The van der Waals surface area contributed by atoms with Crippen molar-refractivity contribution in [1.29, 1.82) is 0 Å². The van der Waals surface area contributed by atoms with Crippen LogP contribution in [-0.2, 0) is 22.4 Å². The maximum absolute atomic E-state index is 12.3. The molecule has 0 fully saturated rings. The van der Waals surface area contributed by atoms with E-state index in [1.807, 2.05) is 47.4 Å². The predicted octanol–water partition coefficient (Wildman–Crippen LogP) is 4.20. The van der Waals surface area contributed by atoms with Crippen molar-refractivity contribution in [3.05, 3.63) is 53.6 Å². The van der Waals surface area contributed by atoms with Gasteiger partial charge >= 0.3 is 0 Å². The molecule has 0 aliphatic carbocycles. The molecule has 5 heteroatoms. The van der Waals surface area contributed by atoms with Crippen LogP contribution in [0.4, 0.5) is 11.4 Å². The Morgan fingerprint density at radius 3 is 2.57 bits per heavy atom. The fourth-order valence-electron chi connectivity index (χ4n) is 3.37. The standard InChI is InChI=1S/C23H28N2O3/c1-4-17-5-9-20(10-6-17)28-15-22(26)24-19-8-11-21-18(13-19)7-12-23(27)25(21)14-16(2)3/h5-6,8-11,13,16H,4,7,12,14-15H2,1-3H3,(H,24,26). The number of carbonyl (C=O) groups excluding carboxylic acids is 2. The Hall–Kier alpha value is -2.82. The summed E-state index contributed by atoms with van der Waals surface area (Å²) in [6.45, 7) is 6.97. The highest BCUT2D eigenvalue weighted by atomic mass is 16.5. The number of nitrogens with zero attached hydrogens (tertiary/aromatic N) is 1. The van der Waals surface area contributed by atoms with Gasteiger partial charge in [-0.25, -0.2) is 0 Å².